The zero-order valence-corrected chi connectivity index (χ0v) is 11.9. The van der Waals surface area contributed by atoms with E-state index in [-0.39, 0.29) is 0 Å². The van der Waals surface area contributed by atoms with Gasteiger partial charge < -0.3 is 15.0 Å². The van der Waals surface area contributed by atoms with Crippen LogP contribution in [0.3, 0.4) is 0 Å². The topological polar surface area (TPSA) is 58.6 Å². The van der Waals surface area contributed by atoms with E-state index in [9.17, 15) is 9.59 Å². The van der Waals surface area contributed by atoms with Crippen molar-refractivity contribution in [2.75, 3.05) is 31.6 Å². The Hall–Kier alpha value is -1.88. The van der Waals surface area contributed by atoms with E-state index in [1.807, 2.05) is 0 Å². The Bertz CT molecular complexity index is 514. The van der Waals surface area contributed by atoms with Crippen LogP contribution >= 0.6 is 0 Å². The molecule has 0 atom stereocenters. The molecule has 0 saturated heterocycles. The molecule has 5 heteroatoms. The maximum Gasteiger partial charge on any atom is 0.299 e. The lowest BCUT2D eigenvalue weighted by Crippen LogP contribution is -2.32. The number of amides is 1. The zero-order chi connectivity index (χ0) is 14.5. The molecule has 108 valence electrons. The third-order valence-electron chi connectivity index (χ3n) is 3.34. The van der Waals surface area contributed by atoms with Crippen molar-refractivity contribution in [3.63, 3.8) is 0 Å². The first-order valence-corrected chi connectivity index (χ1v) is 6.94. The molecule has 20 heavy (non-hydrogen) atoms. The zero-order valence-electron chi connectivity index (χ0n) is 11.9. The lowest BCUT2D eigenvalue weighted by atomic mass is 10.1. The number of hydrogen-bond acceptors (Lipinski definition) is 4. The Labute approximate surface area is 118 Å². The molecule has 1 heterocycles. The Kier molecular flexibility index (Phi) is 4.74. The molecule has 0 aliphatic carbocycles. The maximum atomic E-state index is 12.0. The number of carbonyl (C=O) groups excluding carboxylic acids is 2. The summed E-state index contributed by atoms with van der Waals surface area (Å²) in [4.78, 5) is 25.5. The lowest BCUT2D eigenvalue weighted by molar-refractivity contribution is -0.114. The van der Waals surface area contributed by atoms with Crippen LogP contribution in [0.5, 0.6) is 5.75 Å². The molecule has 5 nitrogen and oxygen atoms in total. The number of fused-ring (bicyclic) bond motifs is 1. The van der Waals surface area contributed by atoms with E-state index in [2.05, 4.69) is 12.2 Å². The standard InChI is InChI=1S/C15H20N2O3/c1-3-7-16-8-4-9-17-13-6-5-11(20-2)10-12(13)14(18)15(17)19/h5-6,10,16H,3-4,7-9H2,1-2H3. The van der Waals surface area contributed by atoms with Gasteiger partial charge in [-0.2, -0.15) is 0 Å². The molecule has 1 aliphatic rings. The molecule has 0 radical (unpaired) electrons. The quantitative estimate of drug-likeness (QED) is 0.607. The van der Waals surface area contributed by atoms with Crippen LogP contribution in [0.1, 0.15) is 30.1 Å². The van der Waals surface area contributed by atoms with Gasteiger partial charge in [0.1, 0.15) is 5.75 Å². The van der Waals surface area contributed by atoms with E-state index in [1.165, 1.54) is 0 Å². The molecule has 0 fully saturated rings. The number of benzene rings is 1. The van der Waals surface area contributed by atoms with Crippen molar-refractivity contribution in [1.29, 1.82) is 0 Å². The minimum atomic E-state index is -0.444. The number of nitrogens with zero attached hydrogens (tertiary/aromatic N) is 1. The summed E-state index contributed by atoms with van der Waals surface area (Å²) in [6.45, 7) is 4.48. The number of hydrogen-bond donors (Lipinski definition) is 1. The van der Waals surface area contributed by atoms with E-state index in [4.69, 9.17) is 4.74 Å². The van der Waals surface area contributed by atoms with Gasteiger partial charge in [-0.25, -0.2) is 0 Å². The van der Waals surface area contributed by atoms with Crippen molar-refractivity contribution in [2.24, 2.45) is 0 Å². The second kappa shape index (κ2) is 6.52. The van der Waals surface area contributed by atoms with Crippen LogP contribution in [0, 0.1) is 0 Å². The highest BCUT2D eigenvalue weighted by molar-refractivity contribution is 6.52. The predicted molar refractivity (Wildman–Crippen MR) is 77.5 cm³/mol. The van der Waals surface area contributed by atoms with Crippen molar-refractivity contribution < 1.29 is 14.3 Å². The van der Waals surface area contributed by atoms with Crippen LogP contribution in [0.2, 0.25) is 0 Å². The van der Waals surface area contributed by atoms with Crippen LogP contribution in [-0.4, -0.2) is 38.4 Å². The van der Waals surface area contributed by atoms with Gasteiger partial charge in [0.2, 0.25) is 0 Å². The van der Waals surface area contributed by atoms with Crippen LogP contribution in [0.4, 0.5) is 5.69 Å². The van der Waals surface area contributed by atoms with Crippen LogP contribution in [0.25, 0.3) is 0 Å². The van der Waals surface area contributed by atoms with Gasteiger partial charge in [0.05, 0.1) is 18.4 Å². The summed E-state index contributed by atoms with van der Waals surface area (Å²) < 4.78 is 5.09. The van der Waals surface area contributed by atoms with Crippen molar-refractivity contribution >= 4 is 17.4 Å². The normalized spacial score (nSPS) is 13.8. The van der Waals surface area contributed by atoms with Gasteiger partial charge in [0.15, 0.2) is 0 Å². The summed E-state index contributed by atoms with van der Waals surface area (Å²) in [7, 11) is 1.54. The average molecular weight is 276 g/mol. The molecule has 0 saturated carbocycles. The molecular formula is C15H20N2O3. The number of rotatable bonds is 7. The average Bonchev–Trinajstić information content (AvgIpc) is 2.71. The van der Waals surface area contributed by atoms with Gasteiger partial charge in [-0.05, 0) is 44.1 Å². The van der Waals surface area contributed by atoms with Gasteiger partial charge in [0.25, 0.3) is 11.7 Å². The first kappa shape index (κ1) is 14.5. The minimum absolute atomic E-state index is 0.441. The van der Waals surface area contributed by atoms with Crippen molar-refractivity contribution in [1.82, 2.24) is 5.32 Å². The summed E-state index contributed by atoms with van der Waals surface area (Å²) >= 11 is 0. The maximum absolute atomic E-state index is 12.0. The number of anilines is 1. The van der Waals surface area contributed by atoms with Gasteiger partial charge in [-0.15, -0.1) is 0 Å². The smallest absolute Gasteiger partial charge is 0.299 e. The first-order chi connectivity index (χ1) is 9.69. The SMILES string of the molecule is CCCNCCCN1C(=O)C(=O)c2cc(OC)ccc21. The number of carbonyl (C=O) groups is 2. The molecule has 1 aromatic carbocycles. The Morgan fingerprint density at radius 3 is 2.75 bits per heavy atom. The Morgan fingerprint density at radius 2 is 2.05 bits per heavy atom. The summed E-state index contributed by atoms with van der Waals surface area (Å²) in [5.41, 5.74) is 1.13. The lowest BCUT2D eigenvalue weighted by Gasteiger charge is -2.16. The summed E-state index contributed by atoms with van der Waals surface area (Å²) in [5.74, 6) is -0.291. The molecule has 1 N–H and O–H groups in total. The minimum Gasteiger partial charge on any atom is -0.497 e. The van der Waals surface area contributed by atoms with Crippen molar-refractivity contribution in [3.05, 3.63) is 23.8 Å². The van der Waals surface area contributed by atoms with Gasteiger partial charge in [0, 0.05) is 6.54 Å². The molecule has 1 aliphatic heterocycles. The molecule has 0 spiro atoms. The van der Waals surface area contributed by atoms with Gasteiger partial charge >= 0.3 is 0 Å². The van der Waals surface area contributed by atoms with Gasteiger partial charge in [-0.3, -0.25) is 9.59 Å². The Morgan fingerprint density at radius 1 is 1.25 bits per heavy atom. The fraction of sp³-hybridized carbons (Fsp3) is 0.467. The first-order valence-electron chi connectivity index (χ1n) is 6.94. The summed E-state index contributed by atoms with van der Waals surface area (Å²) in [5, 5.41) is 3.28. The summed E-state index contributed by atoms with van der Waals surface area (Å²) in [6.07, 6.45) is 1.91. The largest absolute Gasteiger partial charge is 0.497 e. The highest BCUT2D eigenvalue weighted by atomic mass is 16.5. The highest BCUT2D eigenvalue weighted by Crippen LogP contribution is 2.31. The number of ether oxygens (including phenoxy) is 1. The number of ketones is 1. The molecule has 1 amide bonds. The van der Waals surface area contributed by atoms with E-state index in [0.717, 1.165) is 25.9 Å². The second-order valence-corrected chi connectivity index (χ2v) is 4.77. The monoisotopic (exact) mass is 276 g/mol. The number of nitrogens with one attached hydrogen (secondary N) is 1. The van der Waals surface area contributed by atoms with Crippen LogP contribution in [0.15, 0.2) is 18.2 Å². The molecule has 1 aromatic rings. The second-order valence-electron chi connectivity index (χ2n) is 4.77. The molecule has 0 bridgehead atoms. The van der Waals surface area contributed by atoms with E-state index >= 15 is 0 Å². The molecule has 0 unspecified atom stereocenters. The predicted octanol–water partition coefficient (Wildman–Crippen LogP) is 1.61. The third kappa shape index (κ3) is 2.82. The molecule has 0 aromatic heterocycles. The fourth-order valence-corrected chi connectivity index (χ4v) is 2.29. The van der Waals surface area contributed by atoms with Crippen molar-refractivity contribution in [3.8, 4) is 5.75 Å². The van der Waals surface area contributed by atoms with E-state index in [0.29, 0.717) is 23.5 Å². The summed E-state index contributed by atoms with van der Waals surface area (Å²) in [6, 6.07) is 5.17. The molecular weight excluding hydrogens is 256 g/mol. The van der Waals surface area contributed by atoms with Crippen LogP contribution in [-0.2, 0) is 4.79 Å². The number of methoxy groups -OCH3 is 1. The van der Waals surface area contributed by atoms with Crippen LogP contribution < -0.4 is 15.0 Å². The highest BCUT2D eigenvalue weighted by Gasteiger charge is 2.35. The number of Topliss-reactive ketones (excluding diaryl/α,β-unsaturated/α-hetero) is 1. The van der Waals surface area contributed by atoms with E-state index in [1.54, 1.807) is 30.2 Å². The van der Waals surface area contributed by atoms with E-state index < -0.39 is 11.7 Å². The third-order valence-corrected chi connectivity index (χ3v) is 3.34. The Balaban J connectivity index is 2.05. The van der Waals surface area contributed by atoms with Crippen molar-refractivity contribution in [2.45, 2.75) is 19.8 Å². The fourth-order valence-electron chi connectivity index (χ4n) is 2.29. The molecule has 2 rings (SSSR count). The van der Waals surface area contributed by atoms with Gasteiger partial charge in [-0.1, -0.05) is 6.92 Å².